The van der Waals surface area contributed by atoms with Crippen molar-refractivity contribution in [2.45, 2.75) is 32.7 Å². The predicted molar refractivity (Wildman–Crippen MR) is 47.0 cm³/mol. The van der Waals surface area contributed by atoms with Gasteiger partial charge >= 0.3 is 11.9 Å². The highest BCUT2D eigenvalue weighted by atomic mass is 16.4. The van der Waals surface area contributed by atoms with Crippen LogP contribution in [-0.4, -0.2) is 28.2 Å². The first kappa shape index (κ1) is 14.4. The largest absolute Gasteiger partial charge is 0.473 e. The van der Waals surface area contributed by atoms with E-state index in [-0.39, 0.29) is 0 Å². The van der Waals surface area contributed by atoms with Crippen LogP contribution in [-0.2, 0) is 9.59 Å². The molecule has 0 bridgehead atoms. The summed E-state index contributed by atoms with van der Waals surface area (Å²) >= 11 is 0. The van der Waals surface area contributed by atoms with E-state index >= 15 is 0 Å². The second-order valence-electron chi connectivity index (χ2n) is 2.29. The molecule has 0 rings (SSSR count). The summed E-state index contributed by atoms with van der Waals surface area (Å²) in [5, 5.41) is 14.8. The van der Waals surface area contributed by atoms with Crippen LogP contribution < -0.4 is 11.3 Å². The molecule has 0 aliphatic rings. The molecule has 0 aliphatic carbocycles. The van der Waals surface area contributed by atoms with Crippen LogP contribution in [0.2, 0.25) is 0 Å². The van der Waals surface area contributed by atoms with E-state index < -0.39 is 11.9 Å². The number of hydrogen-bond donors (Lipinski definition) is 4. The molecule has 0 radical (unpaired) electrons. The van der Waals surface area contributed by atoms with E-state index in [1.54, 1.807) is 0 Å². The van der Waals surface area contributed by atoms with Crippen molar-refractivity contribution in [2.24, 2.45) is 5.84 Å². The SMILES string of the molecule is CCC(CC)NN.O=C(O)C(=O)O. The van der Waals surface area contributed by atoms with Crippen molar-refractivity contribution in [3.05, 3.63) is 0 Å². The molecule has 0 saturated carbocycles. The van der Waals surface area contributed by atoms with Gasteiger partial charge in [-0.05, 0) is 12.8 Å². The number of carbonyl (C=O) groups is 2. The van der Waals surface area contributed by atoms with Gasteiger partial charge in [0.1, 0.15) is 0 Å². The Morgan fingerprint density at radius 3 is 1.54 bits per heavy atom. The van der Waals surface area contributed by atoms with Crippen LogP contribution in [0, 0.1) is 0 Å². The third kappa shape index (κ3) is 10.9. The first-order chi connectivity index (χ1) is 5.99. The Bertz CT molecular complexity index is 139. The average Bonchev–Trinajstić information content (AvgIpc) is 2.08. The minimum Gasteiger partial charge on any atom is -0.473 e. The van der Waals surface area contributed by atoms with Crippen LogP contribution in [0.15, 0.2) is 0 Å². The standard InChI is InChI=1S/C5H14N2.C2H2O4/c1-3-5(4-2)7-6;3-1(4)2(5)6/h5,7H,3-4,6H2,1-2H3;(H,3,4)(H,5,6). The van der Waals surface area contributed by atoms with Gasteiger partial charge in [0.15, 0.2) is 0 Å². The molecule has 78 valence electrons. The van der Waals surface area contributed by atoms with Gasteiger partial charge in [-0.3, -0.25) is 11.3 Å². The number of hydrazine groups is 1. The van der Waals surface area contributed by atoms with Crippen LogP contribution in [0.4, 0.5) is 0 Å². The summed E-state index contributed by atoms with van der Waals surface area (Å²) in [6.45, 7) is 4.24. The van der Waals surface area contributed by atoms with Gasteiger partial charge in [-0.2, -0.15) is 0 Å². The number of carboxylic acid groups (broad SMARTS) is 2. The first-order valence-corrected chi connectivity index (χ1v) is 3.91. The number of nitrogens with one attached hydrogen (secondary N) is 1. The Morgan fingerprint density at radius 2 is 1.54 bits per heavy atom. The summed E-state index contributed by atoms with van der Waals surface area (Å²) in [6, 6.07) is 0.514. The lowest BCUT2D eigenvalue weighted by atomic mass is 10.2. The Labute approximate surface area is 76.7 Å². The summed E-state index contributed by atoms with van der Waals surface area (Å²) in [5.74, 6) is 1.50. The van der Waals surface area contributed by atoms with Gasteiger partial charge in [0.2, 0.25) is 0 Å². The van der Waals surface area contributed by atoms with E-state index in [1.165, 1.54) is 0 Å². The Hall–Kier alpha value is -1.14. The molecule has 0 heterocycles. The van der Waals surface area contributed by atoms with Crippen LogP contribution in [0.1, 0.15) is 26.7 Å². The Balaban J connectivity index is 0. The maximum absolute atomic E-state index is 9.10. The lowest BCUT2D eigenvalue weighted by molar-refractivity contribution is -0.159. The predicted octanol–water partition coefficient (Wildman–Crippen LogP) is -0.206. The van der Waals surface area contributed by atoms with E-state index in [0.717, 1.165) is 12.8 Å². The number of rotatable bonds is 3. The molecule has 0 aromatic heterocycles. The highest BCUT2D eigenvalue weighted by Crippen LogP contribution is 1.91. The molecule has 13 heavy (non-hydrogen) atoms. The van der Waals surface area contributed by atoms with Crippen molar-refractivity contribution in [2.75, 3.05) is 0 Å². The molecule has 0 unspecified atom stereocenters. The summed E-state index contributed by atoms with van der Waals surface area (Å²) < 4.78 is 0. The lowest BCUT2D eigenvalue weighted by Gasteiger charge is -2.07. The smallest absolute Gasteiger partial charge is 0.414 e. The normalized spacial score (nSPS) is 8.92. The van der Waals surface area contributed by atoms with Crippen molar-refractivity contribution >= 4 is 11.9 Å². The summed E-state index contributed by atoms with van der Waals surface area (Å²) in [4.78, 5) is 18.2. The zero-order valence-corrected chi connectivity index (χ0v) is 7.78. The first-order valence-electron chi connectivity index (χ1n) is 3.91. The van der Waals surface area contributed by atoms with Crippen molar-refractivity contribution in [3.8, 4) is 0 Å². The lowest BCUT2D eigenvalue weighted by Crippen LogP contribution is -2.33. The average molecular weight is 192 g/mol. The molecule has 0 amide bonds. The summed E-state index contributed by atoms with van der Waals surface area (Å²) in [6.07, 6.45) is 2.24. The maximum Gasteiger partial charge on any atom is 0.414 e. The minimum absolute atomic E-state index is 0.514. The molecule has 0 aromatic carbocycles. The fourth-order valence-electron chi connectivity index (χ4n) is 0.524. The molecule has 0 aromatic rings. The molecular formula is C7H16N2O4. The van der Waals surface area contributed by atoms with Crippen molar-refractivity contribution in [1.29, 1.82) is 0 Å². The molecule has 0 saturated heterocycles. The van der Waals surface area contributed by atoms with E-state index in [0.29, 0.717) is 6.04 Å². The van der Waals surface area contributed by atoms with Crippen molar-refractivity contribution < 1.29 is 19.8 Å². The molecular weight excluding hydrogens is 176 g/mol. The fourth-order valence-corrected chi connectivity index (χ4v) is 0.524. The zero-order valence-electron chi connectivity index (χ0n) is 7.78. The minimum atomic E-state index is -1.82. The number of aliphatic carboxylic acids is 2. The molecule has 0 aliphatic heterocycles. The highest BCUT2D eigenvalue weighted by Gasteiger charge is 2.04. The number of nitrogens with two attached hydrogens (primary N) is 1. The third-order valence-corrected chi connectivity index (χ3v) is 1.40. The third-order valence-electron chi connectivity index (χ3n) is 1.40. The molecule has 5 N–H and O–H groups in total. The monoisotopic (exact) mass is 192 g/mol. The van der Waals surface area contributed by atoms with Gasteiger partial charge in [0.25, 0.3) is 0 Å². The van der Waals surface area contributed by atoms with E-state index in [9.17, 15) is 0 Å². The number of carboxylic acids is 2. The quantitative estimate of drug-likeness (QED) is 0.279. The van der Waals surface area contributed by atoms with Gasteiger partial charge in [-0.25, -0.2) is 9.59 Å². The van der Waals surface area contributed by atoms with Gasteiger partial charge in [-0.15, -0.1) is 0 Å². The van der Waals surface area contributed by atoms with Crippen molar-refractivity contribution in [1.82, 2.24) is 5.43 Å². The van der Waals surface area contributed by atoms with Gasteiger partial charge in [-0.1, -0.05) is 13.8 Å². The van der Waals surface area contributed by atoms with Gasteiger partial charge in [0.05, 0.1) is 0 Å². The second kappa shape index (κ2) is 8.95. The molecule has 0 spiro atoms. The van der Waals surface area contributed by atoms with E-state index in [2.05, 4.69) is 19.3 Å². The fraction of sp³-hybridized carbons (Fsp3) is 0.714. The van der Waals surface area contributed by atoms with Gasteiger partial charge in [0, 0.05) is 6.04 Å². The molecule has 0 fully saturated rings. The summed E-state index contributed by atoms with van der Waals surface area (Å²) in [5.41, 5.74) is 2.70. The topological polar surface area (TPSA) is 113 Å². The number of hydrogen-bond acceptors (Lipinski definition) is 4. The Morgan fingerprint density at radius 1 is 1.23 bits per heavy atom. The van der Waals surface area contributed by atoms with Crippen LogP contribution >= 0.6 is 0 Å². The van der Waals surface area contributed by atoms with Crippen LogP contribution in [0.5, 0.6) is 0 Å². The van der Waals surface area contributed by atoms with Crippen molar-refractivity contribution in [3.63, 3.8) is 0 Å². The zero-order chi connectivity index (χ0) is 10.9. The van der Waals surface area contributed by atoms with Crippen LogP contribution in [0.25, 0.3) is 0 Å². The summed E-state index contributed by atoms with van der Waals surface area (Å²) in [7, 11) is 0. The molecule has 6 heteroatoms. The van der Waals surface area contributed by atoms with E-state index in [1.807, 2.05) is 0 Å². The maximum atomic E-state index is 9.10. The van der Waals surface area contributed by atoms with Crippen LogP contribution in [0.3, 0.4) is 0 Å². The Kier molecular flexibility index (Phi) is 9.91. The molecule has 0 atom stereocenters. The molecule has 6 nitrogen and oxygen atoms in total. The highest BCUT2D eigenvalue weighted by molar-refractivity contribution is 6.27. The van der Waals surface area contributed by atoms with E-state index in [4.69, 9.17) is 25.6 Å². The second-order valence-corrected chi connectivity index (χ2v) is 2.29. The van der Waals surface area contributed by atoms with Gasteiger partial charge < -0.3 is 10.2 Å².